The van der Waals surface area contributed by atoms with E-state index < -0.39 is 0 Å². The molecule has 1 saturated carbocycles. The quantitative estimate of drug-likeness (QED) is 0.751. The van der Waals surface area contributed by atoms with E-state index >= 15 is 0 Å². The van der Waals surface area contributed by atoms with E-state index in [-0.39, 0.29) is 17.1 Å². The molecule has 0 heterocycles. The Morgan fingerprint density at radius 2 is 2.22 bits per heavy atom. The van der Waals surface area contributed by atoms with Crippen molar-refractivity contribution in [3.63, 3.8) is 0 Å². The second-order valence-corrected chi connectivity index (χ2v) is 5.69. The molecular weight excluding hydrogens is 296 g/mol. The van der Waals surface area contributed by atoms with Crippen LogP contribution in [0.4, 0.5) is 5.69 Å². The molecule has 1 aromatic rings. The zero-order chi connectivity index (χ0) is 13.3. The van der Waals surface area contributed by atoms with E-state index in [2.05, 4.69) is 21.2 Å². The minimum absolute atomic E-state index is 0.0862. The summed E-state index contributed by atoms with van der Waals surface area (Å²) in [5.41, 5.74) is 7.19. The molecule has 0 atom stereocenters. The Kier molecular flexibility index (Phi) is 3.64. The maximum Gasteiger partial charge on any atom is 0.221 e. The number of nitrogens with two attached hydrogens (primary N) is 1. The molecule has 0 bridgehead atoms. The number of halogens is 1. The third kappa shape index (κ3) is 2.12. The van der Waals surface area contributed by atoms with Gasteiger partial charge >= 0.3 is 0 Å². The fourth-order valence-electron chi connectivity index (χ4n) is 2.55. The molecule has 1 aromatic carbocycles. The number of phenols is 1. The molecule has 4 N–H and O–H groups in total. The van der Waals surface area contributed by atoms with Crippen molar-refractivity contribution in [2.45, 2.75) is 31.6 Å². The van der Waals surface area contributed by atoms with Gasteiger partial charge in [-0.3, -0.25) is 4.79 Å². The van der Waals surface area contributed by atoms with Gasteiger partial charge in [-0.15, -0.1) is 0 Å². The van der Waals surface area contributed by atoms with Crippen molar-refractivity contribution in [3.05, 3.63) is 22.2 Å². The van der Waals surface area contributed by atoms with Crippen LogP contribution in [-0.4, -0.2) is 17.6 Å². The molecule has 0 radical (unpaired) electrons. The van der Waals surface area contributed by atoms with Crippen LogP contribution in [0.2, 0.25) is 0 Å². The molecule has 1 aliphatic rings. The van der Waals surface area contributed by atoms with E-state index in [1.807, 2.05) is 0 Å². The normalized spacial score (nSPS) is 17.1. The van der Waals surface area contributed by atoms with Gasteiger partial charge in [0.15, 0.2) is 0 Å². The number of phenolic OH excluding ortho intramolecular Hbond substituents is 1. The lowest BCUT2D eigenvalue weighted by Gasteiger charge is -2.43. The van der Waals surface area contributed by atoms with Crippen molar-refractivity contribution in [1.29, 1.82) is 0 Å². The molecule has 2 rings (SSSR count). The molecular formula is C13H17BrN2O2. The largest absolute Gasteiger partial charge is 0.506 e. The average molecular weight is 313 g/mol. The summed E-state index contributed by atoms with van der Waals surface area (Å²) in [6.07, 6.45) is 3.09. The monoisotopic (exact) mass is 312 g/mol. The number of hydrogen-bond donors (Lipinski definition) is 3. The number of rotatable bonds is 3. The lowest BCUT2D eigenvalue weighted by molar-refractivity contribution is -0.114. The number of amides is 1. The minimum atomic E-state index is -0.198. The second-order valence-electron chi connectivity index (χ2n) is 4.84. The Hall–Kier alpha value is -1.07. The number of nitrogens with one attached hydrogen (secondary N) is 1. The van der Waals surface area contributed by atoms with E-state index in [9.17, 15) is 9.90 Å². The van der Waals surface area contributed by atoms with E-state index in [1.54, 1.807) is 12.1 Å². The first kappa shape index (κ1) is 13.4. The first-order chi connectivity index (χ1) is 8.50. The van der Waals surface area contributed by atoms with Crippen LogP contribution in [0.25, 0.3) is 0 Å². The number of carbonyl (C=O) groups is 1. The molecule has 4 nitrogen and oxygen atoms in total. The highest BCUT2D eigenvalue weighted by atomic mass is 79.9. The highest BCUT2D eigenvalue weighted by molar-refractivity contribution is 9.10. The molecule has 0 aliphatic heterocycles. The van der Waals surface area contributed by atoms with Gasteiger partial charge < -0.3 is 16.2 Å². The van der Waals surface area contributed by atoms with Gasteiger partial charge in [-0.25, -0.2) is 0 Å². The van der Waals surface area contributed by atoms with Crippen molar-refractivity contribution in [3.8, 4) is 5.75 Å². The van der Waals surface area contributed by atoms with E-state index in [1.165, 1.54) is 6.92 Å². The summed E-state index contributed by atoms with van der Waals surface area (Å²) in [4.78, 5) is 11.3. The highest BCUT2D eigenvalue weighted by Crippen LogP contribution is 2.50. The van der Waals surface area contributed by atoms with Crippen LogP contribution in [0.5, 0.6) is 5.75 Å². The third-order valence-electron chi connectivity index (χ3n) is 3.67. The predicted molar refractivity (Wildman–Crippen MR) is 74.7 cm³/mol. The molecule has 1 aliphatic carbocycles. The number of hydrogen-bond acceptors (Lipinski definition) is 3. The van der Waals surface area contributed by atoms with Crippen molar-refractivity contribution < 1.29 is 9.90 Å². The Morgan fingerprint density at radius 3 is 2.67 bits per heavy atom. The van der Waals surface area contributed by atoms with Crippen LogP contribution >= 0.6 is 15.9 Å². The molecule has 1 fully saturated rings. The Labute approximate surface area is 115 Å². The predicted octanol–water partition coefficient (Wildman–Crippen LogP) is 2.49. The summed E-state index contributed by atoms with van der Waals surface area (Å²) in [6, 6.07) is 3.37. The number of carbonyl (C=O) groups excluding carboxylic acids is 1. The maximum atomic E-state index is 11.3. The fraction of sp³-hybridized carbons (Fsp3) is 0.462. The van der Waals surface area contributed by atoms with Gasteiger partial charge in [0.1, 0.15) is 5.75 Å². The average Bonchev–Trinajstić information content (AvgIpc) is 2.25. The maximum absolute atomic E-state index is 11.3. The molecule has 0 spiro atoms. The Morgan fingerprint density at radius 1 is 1.56 bits per heavy atom. The standard InChI is InChI=1S/C13H17BrN2O2/c1-8(17)16-12-10(18)4-3-9(14)11(12)13(7-15)5-2-6-13/h3-4,18H,2,5-7,15H2,1H3,(H,16,17). The summed E-state index contributed by atoms with van der Waals surface area (Å²) in [5, 5.41) is 12.7. The number of anilines is 1. The summed E-state index contributed by atoms with van der Waals surface area (Å²) in [7, 11) is 0. The van der Waals surface area contributed by atoms with Gasteiger partial charge in [0.25, 0.3) is 0 Å². The molecule has 18 heavy (non-hydrogen) atoms. The van der Waals surface area contributed by atoms with Crippen LogP contribution in [0.3, 0.4) is 0 Å². The zero-order valence-corrected chi connectivity index (χ0v) is 11.9. The summed E-state index contributed by atoms with van der Waals surface area (Å²) >= 11 is 3.50. The summed E-state index contributed by atoms with van der Waals surface area (Å²) in [6.45, 7) is 1.95. The van der Waals surface area contributed by atoms with Gasteiger partial charge in [0.05, 0.1) is 5.69 Å². The van der Waals surface area contributed by atoms with Crippen LogP contribution in [0, 0.1) is 0 Å². The van der Waals surface area contributed by atoms with E-state index in [0.717, 1.165) is 29.3 Å². The summed E-state index contributed by atoms with van der Waals surface area (Å²) < 4.78 is 0.884. The smallest absolute Gasteiger partial charge is 0.221 e. The first-order valence-corrected chi connectivity index (χ1v) is 6.79. The molecule has 0 saturated heterocycles. The fourth-order valence-corrected chi connectivity index (χ4v) is 3.30. The molecule has 0 unspecified atom stereocenters. The lowest BCUT2D eigenvalue weighted by atomic mass is 9.64. The van der Waals surface area contributed by atoms with Crippen molar-refractivity contribution in [1.82, 2.24) is 0 Å². The summed E-state index contributed by atoms with van der Waals surface area (Å²) in [5.74, 6) is -0.112. The van der Waals surface area contributed by atoms with E-state index in [0.29, 0.717) is 12.2 Å². The SMILES string of the molecule is CC(=O)Nc1c(O)ccc(Br)c1C1(CN)CCC1. The van der Waals surface area contributed by atoms with Crippen LogP contribution in [0.15, 0.2) is 16.6 Å². The molecule has 1 amide bonds. The minimum Gasteiger partial charge on any atom is -0.506 e. The Balaban J connectivity index is 2.56. The van der Waals surface area contributed by atoms with Gasteiger partial charge in [0.2, 0.25) is 5.91 Å². The molecule has 5 heteroatoms. The Bertz CT molecular complexity index is 479. The van der Waals surface area contributed by atoms with Crippen LogP contribution in [0.1, 0.15) is 31.7 Å². The van der Waals surface area contributed by atoms with Crippen molar-refractivity contribution in [2.75, 3.05) is 11.9 Å². The van der Waals surface area contributed by atoms with Gasteiger partial charge in [-0.05, 0) is 25.0 Å². The molecule has 0 aromatic heterocycles. The highest BCUT2D eigenvalue weighted by Gasteiger charge is 2.41. The van der Waals surface area contributed by atoms with E-state index in [4.69, 9.17) is 5.73 Å². The van der Waals surface area contributed by atoms with Gasteiger partial charge in [0, 0.05) is 28.9 Å². The van der Waals surface area contributed by atoms with Crippen LogP contribution in [-0.2, 0) is 10.2 Å². The molecule has 98 valence electrons. The van der Waals surface area contributed by atoms with Crippen LogP contribution < -0.4 is 11.1 Å². The van der Waals surface area contributed by atoms with Gasteiger partial charge in [-0.2, -0.15) is 0 Å². The number of benzene rings is 1. The zero-order valence-electron chi connectivity index (χ0n) is 10.3. The number of aromatic hydroxyl groups is 1. The topological polar surface area (TPSA) is 75.3 Å². The second kappa shape index (κ2) is 4.90. The third-order valence-corrected chi connectivity index (χ3v) is 4.33. The van der Waals surface area contributed by atoms with Gasteiger partial charge in [-0.1, -0.05) is 22.4 Å². The van der Waals surface area contributed by atoms with Crippen molar-refractivity contribution in [2.24, 2.45) is 5.73 Å². The lowest BCUT2D eigenvalue weighted by Crippen LogP contribution is -2.42. The van der Waals surface area contributed by atoms with Crippen molar-refractivity contribution >= 4 is 27.5 Å². The first-order valence-electron chi connectivity index (χ1n) is 6.00.